The van der Waals surface area contributed by atoms with Gasteiger partial charge in [-0.3, -0.25) is 0 Å². The van der Waals surface area contributed by atoms with Crippen LogP contribution in [-0.2, 0) is 14.9 Å². The molecule has 0 aromatic carbocycles. The van der Waals surface area contributed by atoms with Crippen LogP contribution in [0, 0.1) is 0 Å². The van der Waals surface area contributed by atoms with Crippen LogP contribution in [-0.4, -0.2) is 28.3 Å². The van der Waals surface area contributed by atoms with Crippen molar-refractivity contribution in [3.8, 4) is 0 Å². The summed E-state index contributed by atoms with van der Waals surface area (Å²) in [5, 5.41) is 0. The zero-order chi connectivity index (χ0) is 11.7. The minimum Gasteiger partial charge on any atom is -0.449 e. The molecule has 0 spiro atoms. The lowest BCUT2D eigenvalue weighted by Crippen LogP contribution is -2.27. The highest BCUT2D eigenvalue weighted by Crippen LogP contribution is 2.04. The molecule has 0 fully saturated rings. The number of ether oxygens (including phenoxy) is 1. The van der Waals surface area contributed by atoms with E-state index < -0.39 is 16.3 Å². The third-order valence-corrected chi connectivity index (χ3v) is 3.15. The van der Waals surface area contributed by atoms with Crippen molar-refractivity contribution in [2.24, 2.45) is 0 Å². The molecule has 0 saturated heterocycles. The third kappa shape index (κ3) is 7.62. The molecule has 0 heterocycles. The Bertz CT molecular complexity index is 214. The predicted octanol–water partition coefficient (Wildman–Crippen LogP) is 2.84. The number of rotatable bonds is 7. The Morgan fingerprint density at radius 2 is 1.93 bits per heavy atom. The summed E-state index contributed by atoms with van der Waals surface area (Å²) in [6, 6.07) is 0. The van der Waals surface area contributed by atoms with Gasteiger partial charge in [-0.1, -0.05) is 32.6 Å². The summed E-state index contributed by atoms with van der Waals surface area (Å²) in [5.74, 6) is 0. The molecule has 90 valence electrons. The van der Waals surface area contributed by atoms with Gasteiger partial charge < -0.3 is 4.74 Å². The second-order valence-electron chi connectivity index (χ2n) is 3.23. The van der Waals surface area contributed by atoms with Gasteiger partial charge in [0.2, 0.25) is 10.2 Å². The van der Waals surface area contributed by atoms with Crippen LogP contribution < -0.4 is 0 Å². The lowest BCUT2D eigenvalue weighted by Gasteiger charge is -2.11. The number of carbonyl (C=O) groups excluding carboxylic acids is 1. The summed E-state index contributed by atoms with van der Waals surface area (Å²) in [7, 11) is 4.72. The van der Waals surface area contributed by atoms with E-state index in [-0.39, 0.29) is 0 Å². The van der Waals surface area contributed by atoms with Crippen LogP contribution in [0.15, 0.2) is 0 Å². The summed E-state index contributed by atoms with van der Waals surface area (Å²) in [5.41, 5.74) is 0. The van der Waals surface area contributed by atoms with E-state index in [4.69, 9.17) is 15.4 Å². The Morgan fingerprint density at radius 3 is 2.47 bits per heavy atom. The van der Waals surface area contributed by atoms with Crippen molar-refractivity contribution < 1.29 is 13.7 Å². The SMILES string of the molecule is CCCCCCCOC(=O)N(C)S(=O)Cl. The minimum atomic E-state index is -1.82. The van der Waals surface area contributed by atoms with Gasteiger partial charge in [-0.05, 0) is 6.42 Å². The van der Waals surface area contributed by atoms with Crippen LogP contribution in [0.25, 0.3) is 0 Å². The van der Waals surface area contributed by atoms with Gasteiger partial charge in [0, 0.05) is 17.7 Å². The standard InChI is InChI=1S/C9H18ClNO3S/c1-3-4-5-6-7-8-14-9(12)11(2)15(10)13/h3-8H2,1-2H3. The summed E-state index contributed by atoms with van der Waals surface area (Å²) in [6.07, 6.45) is 4.81. The van der Waals surface area contributed by atoms with Crippen molar-refractivity contribution >= 4 is 27.0 Å². The van der Waals surface area contributed by atoms with Gasteiger partial charge in [-0.25, -0.2) is 13.3 Å². The predicted molar refractivity (Wildman–Crippen MR) is 61.9 cm³/mol. The number of nitrogens with zero attached hydrogens (tertiary/aromatic N) is 1. The number of hydrogen-bond donors (Lipinski definition) is 0. The van der Waals surface area contributed by atoms with Gasteiger partial charge in [0.1, 0.15) is 0 Å². The Balaban J connectivity index is 3.43. The van der Waals surface area contributed by atoms with Crippen LogP contribution in [0.5, 0.6) is 0 Å². The fourth-order valence-corrected chi connectivity index (χ4v) is 1.35. The monoisotopic (exact) mass is 255 g/mol. The molecular weight excluding hydrogens is 238 g/mol. The number of hydrogen-bond acceptors (Lipinski definition) is 3. The third-order valence-electron chi connectivity index (χ3n) is 1.95. The zero-order valence-corrected chi connectivity index (χ0v) is 10.8. The second kappa shape index (κ2) is 8.97. The number of unbranched alkanes of at least 4 members (excludes halogenated alkanes) is 4. The maximum absolute atomic E-state index is 11.1. The first-order valence-corrected chi connectivity index (χ1v) is 7.01. The minimum absolute atomic E-state index is 0.362. The Labute approximate surface area is 98.0 Å². The second-order valence-corrected chi connectivity index (χ2v) is 4.99. The van der Waals surface area contributed by atoms with Crippen LogP contribution >= 0.6 is 10.7 Å². The molecule has 4 nitrogen and oxygen atoms in total. The average molecular weight is 256 g/mol. The van der Waals surface area contributed by atoms with Gasteiger partial charge in [0.15, 0.2) is 0 Å². The molecule has 0 aromatic rings. The fourth-order valence-electron chi connectivity index (χ4n) is 1.01. The molecule has 0 saturated carbocycles. The molecule has 0 N–H and O–H groups in total. The molecule has 0 rings (SSSR count). The van der Waals surface area contributed by atoms with Crippen molar-refractivity contribution in [2.45, 2.75) is 39.0 Å². The van der Waals surface area contributed by atoms with Crippen LogP contribution in [0.2, 0.25) is 0 Å². The Morgan fingerprint density at radius 1 is 1.33 bits per heavy atom. The Hall–Kier alpha value is -0.290. The van der Waals surface area contributed by atoms with E-state index in [2.05, 4.69) is 6.92 Å². The van der Waals surface area contributed by atoms with Crippen molar-refractivity contribution in [3.05, 3.63) is 0 Å². The molecule has 0 radical (unpaired) electrons. The van der Waals surface area contributed by atoms with E-state index in [0.717, 1.165) is 23.6 Å². The highest BCUT2D eigenvalue weighted by molar-refractivity contribution is 8.06. The van der Waals surface area contributed by atoms with Crippen molar-refractivity contribution in [3.63, 3.8) is 0 Å². The maximum atomic E-state index is 11.1. The highest BCUT2D eigenvalue weighted by atomic mass is 35.7. The quantitative estimate of drug-likeness (QED) is 0.519. The molecule has 0 aliphatic carbocycles. The first kappa shape index (κ1) is 14.7. The molecule has 0 aromatic heterocycles. The van der Waals surface area contributed by atoms with Gasteiger partial charge >= 0.3 is 6.09 Å². The molecule has 15 heavy (non-hydrogen) atoms. The van der Waals surface area contributed by atoms with E-state index in [9.17, 15) is 9.00 Å². The maximum Gasteiger partial charge on any atom is 0.422 e. The molecule has 1 unspecified atom stereocenters. The summed E-state index contributed by atoms with van der Waals surface area (Å²) in [6.45, 7) is 2.51. The van der Waals surface area contributed by atoms with E-state index in [0.29, 0.717) is 6.61 Å². The van der Waals surface area contributed by atoms with Crippen LogP contribution in [0.4, 0.5) is 4.79 Å². The largest absolute Gasteiger partial charge is 0.449 e. The molecule has 0 aliphatic rings. The number of halogens is 1. The van der Waals surface area contributed by atoms with Gasteiger partial charge in [0.25, 0.3) is 0 Å². The lowest BCUT2D eigenvalue weighted by molar-refractivity contribution is 0.130. The van der Waals surface area contributed by atoms with E-state index >= 15 is 0 Å². The van der Waals surface area contributed by atoms with Crippen molar-refractivity contribution in [2.75, 3.05) is 13.7 Å². The van der Waals surface area contributed by atoms with E-state index in [1.807, 2.05) is 0 Å². The first-order valence-electron chi connectivity index (χ1n) is 5.08. The molecule has 0 bridgehead atoms. The first-order chi connectivity index (χ1) is 7.09. The van der Waals surface area contributed by atoms with Gasteiger partial charge in [0.05, 0.1) is 6.61 Å². The van der Waals surface area contributed by atoms with Crippen molar-refractivity contribution in [1.29, 1.82) is 0 Å². The lowest BCUT2D eigenvalue weighted by atomic mass is 10.2. The normalized spacial score (nSPS) is 12.2. The van der Waals surface area contributed by atoms with Gasteiger partial charge in [-0.2, -0.15) is 0 Å². The summed E-state index contributed by atoms with van der Waals surface area (Å²) in [4.78, 5) is 11.1. The van der Waals surface area contributed by atoms with Crippen molar-refractivity contribution in [1.82, 2.24) is 4.31 Å². The van der Waals surface area contributed by atoms with Crippen LogP contribution in [0.1, 0.15) is 39.0 Å². The number of carbonyl (C=O) groups is 1. The molecular formula is C9H18ClNO3S. The zero-order valence-electron chi connectivity index (χ0n) is 9.20. The highest BCUT2D eigenvalue weighted by Gasteiger charge is 2.13. The van der Waals surface area contributed by atoms with E-state index in [1.54, 1.807) is 0 Å². The summed E-state index contributed by atoms with van der Waals surface area (Å²) >= 11 is 0. The van der Waals surface area contributed by atoms with Crippen LogP contribution in [0.3, 0.4) is 0 Å². The fraction of sp³-hybridized carbons (Fsp3) is 0.889. The molecule has 6 heteroatoms. The number of amides is 1. The molecule has 1 amide bonds. The molecule has 1 atom stereocenters. The average Bonchev–Trinajstić information content (AvgIpc) is 2.21. The van der Waals surface area contributed by atoms with E-state index in [1.165, 1.54) is 19.9 Å². The van der Waals surface area contributed by atoms with Gasteiger partial charge in [-0.15, -0.1) is 0 Å². The topological polar surface area (TPSA) is 46.6 Å². The summed E-state index contributed by atoms with van der Waals surface area (Å²) < 4.78 is 16.4. The smallest absolute Gasteiger partial charge is 0.422 e. The Kier molecular flexibility index (Phi) is 8.80. The molecule has 0 aliphatic heterocycles.